The first-order valence-electron chi connectivity index (χ1n) is 13.4. The van der Waals surface area contributed by atoms with Crippen molar-refractivity contribution in [2.45, 2.75) is 24.8 Å². The molecule has 2 aromatic carbocycles. The molecule has 1 saturated heterocycles. The SMILES string of the molecule is O=C(NCCF)c1ccc([C@@H]2C[C@H]3C=C(c4c[nH]c(-c5ccc(F)cc5)c4-c4ccncc4)CCN3C2)cc1. The lowest BCUT2D eigenvalue weighted by molar-refractivity contribution is 0.0951. The van der Waals surface area contributed by atoms with Crippen LogP contribution in [0.2, 0.25) is 0 Å². The van der Waals surface area contributed by atoms with Crippen molar-refractivity contribution in [3.63, 3.8) is 0 Å². The summed E-state index contributed by atoms with van der Waals surface area (Å²) < 4.78 is 26.0. The molecule has 2 atom stereocenters. The number of carbonyl (C=O) groups is 1. The highest BCUT2D eigenvalue weighted by Gasteiger charge is 2.34. The lowest BCUT2D eigenvalue weighted by Gasteiger charge is -2.28. The van der Waals surface area contributed by atoms with Gasteiger partial charge in [0.05, 0.1) is 5.69 Å². The third-order valence-electron chi connectivity index (χ3n) is 7.86. The number of halogens is 2. The van der Waals surface area contributed by atoms with Gasteiger partial charge in [0.1, 0.15) is 12.5 Å². The number of H-pyrrole nitrogens is 1. The second-order valence-electron chi connectivity index (χ2n) is 10.2. The van der Waals surface area contributed by atoms with Crippen molar-refractivity contribution in [1.82, 2.24) is 20.2 Å². The van der Waals surface area contributed by atoms with E-state index in [2.05, 4.69) is 32.5 Å². The Balaban J connectivity index is 1.26. The molecule has 0 unspecified atom stereocenters. The van der Waals surface area contributed by atoms with Gasteiger partial charge in [-0.3, -0.25) is 14.7 Å². The van der Waals surface area contributed by atoms with E-state index in [-0.39, 0.29) is 18.3 Å². The molecule has 2 aliphatic rings. The molecule has 0 spiro atoms. The molecule has 2 N–H and O–H groups in total. The number of amides is 1. The Morgan fingerprint density at radius 2 is 1.79 bits per heavy atom. The molecule has 6 rings (SSSR count). The van der Waals surface area contributed by atoms with Gasteiger partial charge in [-0.05, 0) is 89.6 Å². The predicted octanol–water partition coefficient (Wildman–Crippen LogP) is 6.23. The molecule has 39 heavy (non-hydrogen) atoms. The van der Waals surface area contributed by atoms with E-state index in [1.165, 1.54) is 28.8 Å². The third-order valence-corrected chi connectivity index (χ3v) is 7.86. The van der Waals surface area contributed by atoms with E-state index in [0.717, 1.165) is 48.3 Å². The molecule has 7 heteroatoms. The first-order chi connectivity index (χ1) is 19.1. The van der Waals surface area contributed by atoms with Crippen molar-refractivity contribution in [2.75, 3.05) is 26.3 Å². The van der Waals surface area contributed by atoms with E-state index < -0.39 is 6.67 Å². The Morgan fingerprint density at radius 3 is 2.54 bits per heavy atom. The van der Waals surface area contributed by atoms with Crippen LogP contribution in [-0.4, -0.2) is 53.1 Å². The number of hydrogen-bond donors (Lipinski definition) is 2. The van der Waals surface area contributed by atoms with Crippen LogP contribution < -0.4 is 5.32 Å². The fourth-order valence-electron chi connectivity index (χ4n) is 5.92. The predicted molar refractivity (Wildman–Crippen MR) is 149 cm³/mol. The molecule has 5 nitrogen and oxygen atoms in total. The van der Waals surface area contributed by atoms with Gasteiger partial charge in [-0.15, -0.1) is 0 Å². The number of benzene rings is 2. The van der Waals surface area contributed by atoms with Crippen molar-refractivity contribution in [2.24, 2.45) is 0 Å². The first-order valence-corrected chi connectivity index (χ1v) is 13.4. The summed E-state index contributed by atoms with van der Waals surface area (Å²) in [5, 5.41) is 2.58. The van der Waals surface area contributed by atoms with Crippen LogP contribution in [0.5, 0.6) is 0 Å². The van der Waals surface area contributed by atoms with Gasteiger partial charge in [0.15, 0.2) is 0 Å². The molecule has 0 saturated carbocycles. The van der Waals surface area contributed by atoms with Crippen molar-refractivity contribution in [3.05, 3.63) is 108 Å². The van der Waals surface area contributed by atoms with Gasteiger partial charge in [0.25, 0.3) is 5.91 Å². The molecule has 1 fully saturated rings. The number of hydrogen-bond acceptors (Lipinski definition) is 3. The third kappa shape index (κ3) is 5.14. The fourth-order valence-corrected chi connectivity index (χ4v) is 5.92. The molecule has 0 radical (unpaired) electrons. The minimum atomic E-state index is -0.570. The van der Waals surface area contributed by atoms with Crippen molar-refractivity contribution >= 4 is 11.5 Å². The Labute approximate surface area is 226 Å². The van der Waals surface area contributed by atoms with E-state index >= 15 is 0 Å². The minimum absolute atomic E-state index is 0.0317. The maximum Gasteiger partial charge on any atom is 0.251 e. The molecule has 4 heterocycles. The zero-order valence-corrected chi connectivity index (χ0v) is 21.5. The summed E-state index contributed by atoms with van der Waals surface area (Å²) in [5.74, 6) is -0.113. The van der Waals surface area contributed by atoms with Gasteiger partial charge in [0.2, 0.25) is 0 Å². The first kappa shape index (κ1) is 25.2. The van der Waals surface area contributed by atoms with Crippen LogP contribution in [0.15, 0.2) is 85.3 Å². The lowest BCUT2D eigenvalue weighted by Crippen LogP contribution is -2.32. The number of rotatable bonds is 7. The molecule has 198 valence electrons. The summed E-state index contributed by atoms with van der Waals surface area (Å²) in [6.07, 6.45) is 10.0. The van der Waals surface area contributed by atoms with Gasteiger partial charge in [-0.2, -0.15) is 0 Å². The van der Waals surface area contributed by atoms with Crippen LogP contribution in [-0.2, 0) is 0 Å². The van der Waals surface area contributed by atoms with Gasteiger partial charge < -0.3 is 10.3 Å². The Morgan fingerprint density at radius 1 is 1.03 bits per heavy atom. The number of pyridine rings is 1. The monoisotopic (exact) mass is 524 g/mol. The highest BCUT2D eigenvalue weighted by atomic mass is 19.1. The molecule has 1 amide bonds. The van der Waals surface area contributed by atoms with Gasteiger partial charge in [-0.1, -0.05) is 18.2 Å². The smallest absolute Gasteiger partial charge is 0.251 e. The number of nitrogens with one attached hydrogen (secondary N) is 2. The summed E-state index contributed by atoms with van der Waals surface area (Å²) >= 11 is 0. The maximum atomic E-state index is 13.6. The quantitative estimate of drug-likeness (QED) is 0.301. The van der Waals surface area contributed by atoms with Gasteiger partial charge in [-0.25, -0.2) is 8.78 Å². The maximum absolute atomic E-state index is 13.6. The van der Waals surface area contributed by atoms with Gasteiger partial charge in [0, 0.05) is 61.0 Å². The number of aromatic amines is 1. The van der Waals surface area contributed by atoms with Crippen LogP contribution >= 0.6 is 0 Å². The number of fused-ring (bicyclic) bond motifs is 1. The van der Waals surface area contributed by atoms with Crippen LogP contribution in [0.4, 0.5) is 8.78 Å². The second kappa shape index (κ2) is 10.9. The fraction of sp³-hybridized carbons (Fsp3) is 0.250. The van der Waals surface area contributed by atoms with E-state index in [0.29, 0.717) is 17.5 Å². The minimum Gasteiger partial charge on any atom is -0.360 e. The Hall–Kier alpha value is -4.10. The van der Waals surface area contributed by atoms with Crippen molar-refractivity contribution in [3.8, 4) is 22.4 Å². The highest BCUT2D eigenvalue weighted by molar-refractivity contribution is 5.94. The van der Waals surface area contributed by atoms with E-state index in [1.807, 2.05) is 48.5 Å². The standard InChI is InChI=1S/C32H30F2N4O/c33-12-15-36-32(39)24-3-1-21(2-4-24)26-18-28-17-25(11-16-38(28)20-26)29-19-37-31(23-5-7-27(34)8-6-23)30(29)22-9-13-35-14-10-22/h1-10,13-14,17,19,26,28,37H,11-12,15-16,18,20H2,(H,36,39)/t26-,28-/m1/s1. The van der Waals surface area contributed by atoms with Crippen LogP contribution in [0.3, 0.4) is 0 Å². The number of aromatic nitrogens is 2. The van der Waals surface area contributed by atoms with E-state index in [9.17, 15) is 13.6 Å². The van der Waals surface area contributed by atoms with Crippen LogP contribution in [0.25, 0.3) is 28.0 Å². The van der Waals surface area contributed by atoms with Gasteiger partial charge >= 0.3 is 0 Å². The van der Waals surface area contributed by atoms with Crippen LogP contribution in [0, 0.1) is 5.82 Å². The number of nitrogens with zero attached hydrogens (tertiary/aromatic N) is 2. The zero-order valence-electron chi connectivity index (χ0n) is 21.5. The number of alkyl halides is 1. The average Bonchev–Trinajstić information content (AvgIpc) is 3.61. The topological polar surface area (TPSA) is 61.0 Å². The molecule has 2 aromatic heterocycles. The lowest BCUT2D eigenvalue weighted by atomic mass is 9.90. The summed E-state index contributed by atoms with van der Waals surface area (Å²) in [4.78, 5) is 22.3. The molecular formula is C32H30F2N4O. The normalized spacial score (nSPS) is 19.0. The average molecular weight is 525 g/mol. The Bertz CT molecular complexity index is 1480. The molecule has 0 aliphatic carbocycles. The van der Waals surface area contributed by atoms with Crippen molar-refractivity contribution < 1.29 is 13.6 Å². The summed E-state index contributed by atoms with van der Waals surface area (Å²) in [5.41, 5.74) is 8.36. The molecular weight excluding hydrogens is 494 g/mol. The summed E-state index contributed by atoms with van der Waals surface area (Å²) in [6, 6.07) is 18.7. The second-order valence-corrected chi connectivity index (χ2v) is 10.2. The largest absolute Gasteiger partial charge is 0.360 e. The zero-order chi connectivity index (χ0) is 26.8. The van der Waals surface area contributed by atoms with Crippen molar-refractivity contribution in [1.29, 1.82) is 0 Å². The van der Waals surface area contributed by atoms with E-state index in [1.54, 1.807) is 12.4 Å². The Kier molecular flexibility index (Phi) is 7.07. The summed E-state index contributed by atoms with van der Waals surface area (Å²) in [7, 11) is 0. The molecule has 2 aliphatic heterocycles. The summed E-state index contributed by atoms with van der Waals surface area (Å²) in [6.45, 7) is 1.42. The van der Waals surface area contributed by atoms with E-state index in [4.69, 9.17) is 0 Å². The van der Waals surface area contributed by atoms with Crippen LogP contribution in [0.1, 0.15) is 40.2 Å². The highest BCUT2D eigenvalue weighted by Crippen LogP contribution is 2.42. The number of carbonyl (C=O) groups excluding carboxylic acids is 1. The molecule has 4 aromatic rings. The molecule has 0 bridgehead atoms.